The van der Waals surface area contributed by atoms with Gasteiger partial charge in [-0.05, 0) is 19.3 Å². The van der Waals surface area contributed by atoms with E-state index in [1.54, 1.807) is 0 Å². The van der Waals surface area contributed by atoms with Gasteiger partial charge in [-0.15, -0.1) is 23.7 Å². The van der Waals surface area contributed by atoms with Crippen LogP contribution in [0.2, 0.25) is 0 Å². The second kappa shape index (κ2) is 6.93. The molecule has 1 aromatic rings. The largest absolute Gasteiger partial charge is 0.320 e. The molecule has 0 bridgehead atoms. The number of anilines is 1. The average molecular weight is 278 g/mol. The molecule has 1 amide bonds. The van der Waals surface area contributed by atoms with Crippen LogP contribution in [0.25, 0.3) is 0 Å². The molecule has 17 heavy (non-hydrogen) atoms. The van der Waals surface area contributed by atoms with E-state index >= 15 is 0 Å². The SMILES string of the molecule is CCc1nc(NC(=O)[C@@H](N)C(C)C)sc1C.Cl. The van der Waals surface area contributed by atoms with Gasteiger partial charge in [0.05, 0.1) is 11.7 Å². The summed E-state index contributed by atoms with van der Waals surface area (Å²) in [6, 6.07) is -0.478. The third kappa shape index (κ3) is 4.26. The Bertz CT molecular complexity index is 379. The first-order chi connectivity index (χ1) is 7.45. The highest BCUT2D eigenvalue weighted by Crippen LogP contribution is 2.22. The van der Waals surface area contributed by atoms with Gasteiger partial charge in [0, 0.05) is 4.88 Å². The number of carbonyl (C=O) groups excluding carboxylic acids is 1. The number of nitrogens with one attached hydrogen (secondary N) is 1. The molecule has 0 fully saturated rings. The van der Waals surface area contributed by atoms with Crippen molar-refractivity contribution in [3.8, 4) is 0 Å². The Morgan fingerprint density at radius 3 is 2.53 bits per heavy atom. The molecule has 1 rings (SSSR count). The Morgan fingerprint density at radius 2 is 2.12 bits per heavy atom. The van der Waals surface area contributed by atoms with Gasteiger partial charge in [0.2, 0.25) is 5.91 Å². The zero-order chi connectivity index (χ0) is 12.3. The van der Waals surface area contributed by atoms with Crippen LogP contribution in [0.3, 0.4) is 0 Å². The van der Waals surface area contributed by atoms with Gasteiger partial charge in [-0.1, -0.05) is 20.8 Å². The average Bonchev–Trinajstić information content (AvgIpc) is 2.57. The topological polar surface area (TPSA) is 68.0 Å². The minimum Gasteiger partial charge on any atom is -0.320 e. The van der Waals surface area contributed by atoms with Crippen molar-refractivity contribution in [2.75, 3.05) is 5.32 Å². The summed E-state index contributed by atoms with van der Waals surface area (Å²) < 4.78 is 0. The molecule has 0 saturated heterocycles. The highest BCUT2D eigenvalue weighted by Gasteiger charge is 2.18. The lowest BCUT2D eigenvalue weighted by Crippen LogP contribution is -2.39. The minimum atomic E-state index is -0.478. The van der Waals surface area contributed by atoms with E-state index in [0.717, 1.165) is 17.0 Å². The predicted molar refractivity (Wildman–Crippen MR) is 74.9 cm³/mol. The van der Waals surface area contributed by atoms with E-state index in [1.165, 1.54) is 11.3 Å². The van der Waals surface area contributed by atoms with Crippen molar-refractivity contribution in [3.05, 3.63) is 10.6 Å². The van der Waals surface area contributed by atoms with Crippen LogP contribution in [-0.4, -0.2) is 16.9 Å². The Labute approximate surface area is 112 Å². The maximum atomic E-state index is 11.7. The Kier molecular flexibility index (Phi) is 6.67. The van der Waals surface area contributed by atoms with Crippen molar-refractivity contribution in [1.29, 1.82) is 0 Å². The number of thiazole rings is 1. The van der Waals surface area contributed by atoms with E-state index < -0.39 is 6.04 Å². The van der Waals surface area contributed by atoms with Crippen LogP contribution in [0, 0.1) is 12.8 Å². The molecule has 0 aliphatic rings. The number of carbonyl (C=O) groups is 1. The summed E-state index contributed by atoms with van der Waals surface area (Å²) in [5.74, 6) is -0.0295. The minimum absolute atomic E-state index is 0. The number of rotatable bonds is 4. The molecule has 3 N–H and O–H groups in total. The fourth-order valence-corrected chi connectivity index (χ4v) is 2.21. The highest BCUT2D eigenvalue weighted by molar-refractivity contribution is 7.15. The maximum absolute atomic E-state index is 11.7. The van der Waals surface area contributed by atoms with Crippen LogP contribution in [0.1, 0.15) is 31.3 Å². The van der Waals surface area contributed by atoms with Crippen LogP contribution >= 0.6 is 23.7 Å². The molecule has 4 nitrogen and oxygen atoms in total. The normalized spacial score (nSPS) is 12.1. The quantitative estimate of drug-likeness (QED) is 0.888. The van der Waals surface area contributed by atoms with E-state index in [1.807, 2.05) is 27.7 Å². The second-order valence-corrected chi connectivity index (χ2v) is 5.34. The van der Waals surface area contributed by atoms with Crippen LogP contribution < -0.4 is 11.1 Å². The standard InChI is InChI=1S/C11H19N3OS.ClH/c1-5-8-7(4)16-11(13-8)14-10(15)9(12)6(2)3;/h6,9H,5,12H2,1-4H3,(H,13,14,15);1H/t9-;/m0./s1. The maximum Gasteiger partial charge on any atom is 0.243 e. The first kappa shape index (κ1) is 16.4. The van der Waals surface area contributed by atoms with Crippen LogP contribution in [0.4, 0.5) is 5.13 Å². The van der Waals surface area contributed by atoms with Gasteiger partial charge in [-0.2, -0.15) is 0 Å². The third-order valence-corrected chi connectivity index (χ3v) is 3.41. The second-order valence-electron chi connectivity index (χ2n) is 4.13. The molecule has 0 aliphatic carbocycles. The van der Waals surface area contributed by atoms with E-state index in [2.05, 4.69) is 10.3 Å². The van der Waals surface area contributed by atoms with Crippen molar-refractivity contribution < 1.29 is 4.79 Å². The van der Waals surface area contributed by atoms with Crippen LogP contribution in [0.15, 0.2) is 0 Å². The molecule has 0 spiro atoms. The molecular formula is C11H20ClN3OS. The van der Waals surface area contributed by atoms with Crippen molar-refractivity contribution in [2.24, 2.45) is 11.7 Å². The molecule has 0 aliphatic heterocycles. The Morgan fingerprint density at radius 1 is 1.53 bits per heavy atom. The van der Waals surface area contributed by atoms with Crippen molar-refractivity contribution >= 4 is 34.8 Å². The van der Waals surface area contributed by atoms with E-state index in [-0.39, 0.29) is 24.2 Å². The molecule has 1 atom stereocenters. The van der Waals surface area contributed by atoms with E-state index in [0.29, 0.717) is 5.13 Å². The predicted octanol–water partition coefficient (Wildman–Crippen LogP) is 2.36. The van der Waals surface area contributed by atoms with Crippen LogP contribution in [0.5, 0.6) is 0 Å². The molecule has 1 heterocycles. The number of hydrogen-bond acceptors (Lipinski definition) is 4. The Balaban J connectivity index is 0.00000256. The lowest BCUT2D eigenvalue weighted by Gasteiger charge is -2.13. The molecule has 0 aromatic carbocycles. The summed E-state index contributed by atoms with van der Waals surface area (Å²) in [5, 5.41) is 3.41. The fraction of sp³-hybridized carbons (Fsp3) is 0.636. The summed E-state index contributed by atoms with van der Waals surface area (Å²) in [7, 11) is 0. The number of amides is 1. The Hall–Kier alpha value is -0.650. The van der Waals surface area contributed by atoms with Crippen molar-refractivity contribution in [2.45, 2.75) is 40.2 Å². The number of nitrogens with zero attached hydrogens (tertiary/aromatic N) is 1. The van der Waals surface area contributed by atoms with Gasteiger partial charge in [-0.3, -0.25) is 4.79 Å². The molecule has 6 heteroatoms. The molecular weight excluding hydrogens is 258 g/mol. The van der Waals surface area contributed by atoms with Gasteiger partial charge >= 0.3 is 0 Å². The van der Waals surface area contributed by atoms with Gasteiger partial charge < -0.3 is 11.1 Å². The lowest BCUT2D eigenvalue weighted by molar-refractivity contribution is -0.118. The highest BCUT2D eigenvalue weighted by atomic mass is 35.5. The van der Waals surface area contributed by atoms with Gasteiger partial charge in [0.25, 0.3) is 0 Å². The number of aryl methyl sites for hydroxylation is 2. The first-order valence-corrected chi connectivity index (χ1v) is 6.30. The third-order valence-electron chi connectivity index (χ3n) is 2.48. The summed E-state index contributed by atoms with van der Waals surface area (Å²) >= 11 is 1.50. The summed E-state index contributed by atoms with van der Waals surface area (Å²) in [6.45, 7) is 7.91. The molecule has 0 saturated carbocycles. The van der Waals surface area contributed by atoms with Gasteiger partial charge in [0.1, 0.15) is 0 Å². The summed E-state index contributed by atoms with van der Waals surface area (Å²) in [5.41, 5.74) is 6.79. The number of halogens is 1. The van der Waals surface area contributed by atoms with E-state index in [4.69, 9.17) is 5.73 Å². The van der Waals surface area contributed by atoms with Gasteiger partial charge in [-0.25, -0.2) is 4.98 Å². The number of nitrogens with two attached hydrogens (primary N) is 1. The fourth-order valence-electron chi connectivity index (χ4n) is 1.30. The lowest BCUT2D eigenvalue weighted by atomic mass is 10.1. The monoisotopic (exact) mass is 277 g/mol. The number of hydrogen-bond donors (Lipinski definition) is 2. The smallest absolute Gasteiger partial charge is 0.243 e. The molecule has 1 aromatic heterocycles. The zero-order valence-electron chi connectivity index (χ0n) is 10.6. The number of aromatic nitrogens is 1. The van der Waals surface area contributed by atoms with E-state index in [9.17, 15) is 4.79 Å². The van der Waals surface area contributed by atoms with Crippen molar-refractivity contribution in [1.82, 2.24) is 4.98 Å². The van der Waals surface area contributed by atoms with Gasteiger partial charge in [0.15, 0.2) is 5.13 Å². The first-order valence-electron chi connectivity index (χ1n) is 5.48. The summed E-state index contributed by atoms with van der Waals surface area (Å²) in [4.78, 5) is 17.2. The molecule has 98 valence electrons. The molecule has 0 unspecified atom stereocenters. The van der Waals surface area contributed by atoms with Crippen molar-refractivity contribution in [3.63, 3.8) is 0 Å². The molecule has 0 radical (unpaired) electrons. The van der Waals surface area contributed by atoms with Crippen LogP contribution in [-0.2, 0) is 11.2 Å². The summed E-state index contributed by atoms with van der Waals surface area (Å²) in [6.07, 6.45) is 0.883. The zero-order valence-corrected chi connectivity index (χ0v) is 12.2.